The van der Waals surface area contributed by atoms with Crippen LogP contribution in [0.1, 0.15) is 17.8 Å². The number of anilines is 1. The van der Waals surface area contributed by atoms with Gasteiger partial charge < -0.3 is 10.2 Å². The topological polar surface area (TPSA) is 99.5 Å². The van der Waals surface area contributed by atoms with E-state index < -0.39 is 0 Å². The van der Waals surface area contributed by atoms with Crippen LogP contribution < -0.4 is 10.2 Å². The number of imide groups is 1. The van der Waals surface area contributed by atoms with Gasteiger partial charge in [0.15, 0.2) is 11.6 Å². The first-order valence-corrected chi connectivity index (χ1v) is 9.36. The van der Waals surface area contributed by atoms with Gasteiger partial charge in [-0.2, -0.15) is 5.10 Å². The van der Waals surface area contributed by atoms with Gasteiger partial charge in [0.05, 0.1) is 18.3 Å². The maximum atomic E-state index is 11.9. The van der Waals surface area contributed by atoms with E-state index in [-0.39, 0.29) is 18.1 Å². The van der Waals surface area contributed by atoms with E-state index in [0.717, 1.165) is 48.3 Å². The van der Waals surface area contributed by atoms with Crippen molar-refractivity contribution in [3.8, 4) is 5.82 Å². The van der Waals surface area contributed by atoms with Crippen LogP contribution in [-0.4, -0.2) is 81.1 Å². The molecule has 2 saturated heterocycles. The minimum atomic E-state index is -0.339. The van der Waals surface area contributed by atoms with Gasteiger partial charge in [0, 0.05) is 38.9 Å². The quantitative estimate of drug-likeness (QED) is 0.812. The Hall–Kier alpha value is -3.01. The van der Waals surface area contributed by atoms with Gasteiger partial charge in [0.25, 0.3) is 0 Å². The number of hydrogen-bond donors (Lipinski definition) is 1. The number of carbonyl (C=O) groups is 2. The van der Waals surface area contributed by atoms with E-state index in [1.807, 2.05) is 32.0 Å². The summed E-state index contributed by atoms with van der Waals surface area (Å²) in [7, 11) is 1.50. The van der Waals surface area contributed by atoms with Crippen molar-refractivity contribution in [1.82, 2.24) is 35.1 Å². The molecule has 2 fully saturated rings. The van der Waals surface area contributed by atoms with Gasteiger partial charge >= 0.3 is 6.03 Å². The molecule has 2 aromatic rings. The summed E-state index contributed by atoms with van der Waals surface area (Å²) in [6, 6.07) is 5.54. The van der Waals surface area contributed by atoms with Gasteiger partial charge in [-0.1, -0.05) is 0 Å². The number of amides is 3. The van der Waals surface area contributed by atoms with Gasteiger partial charge in [-0.05, 0) is 32.0 Å². The third kappa shape index (κ3) is 3.42. The highest BCUT2D eigenvalue weighted by molar-refractivity contribution is 5.96. The summed E-state index contributed by atoms with van der Waals surface area (Å²) < 4.78 is 1.78. The molecule has 1 N–H and O–H groups in total. The first-order valence-electron chi connectivity index (χ1n) is 9.36. The Kier molecular flexibility index (Phi) is 4.71. The number of urea groups is 1. The SMILES string of the molecule is Cc1cc(C)n(-c2ccc(N3CCN(C4CC(=O)N(C)C(=O)N4)CC3)nn2)n1. The molecular formula is C18H24N8O2. The number of nitrogens with zero attached hydrogens (tertiary/aromatic N) is 7. The Morgan fingerprint density at radius 1 is 1.04 bits per heavy atom. The smallest absolute Gasteiger partial charge is 0.325 e. The molecule has 1 unspecified atom stereocenters. The maximum Gasteiger partial charge on any atom is 0.325 e. The number of carbonyl (C=O) groups excluding carboxylic acids is 2. The highest BCUT2D eigenvalue weighted by atomic mass is 16.2. The largest absolute Gasteiger partial charge is 0.353 e. The molecule has 4 rings (SSSR count). The second kappa shape index (κ2) is 7.19. The third-order valence-corrected chi connectivity index (χ3v) is 5.28. The zero-order valence-electron chi connectivity index (χ0n) is 16.3. The van der Waals surface area contributed by atoms with Gasteiger partial charge in [-0.25, -0.2) is 9.48 Å². The standard InChI is InChI=1S/C18H24N8O2/c1-12-10-13(2)26(22-12)15-5-4-14(20-21-15)24-6-8-25(9-7-24)16-11-17(27)23(3)18(28)19-16/h4-5,10,16H,6-9,11H2,1-3H3,(H,19,28). The molecule has 1 atom stereocenters. The second-order valence-corrected chi connectivity index (χ2v) is 7.23. The fraction of sp³-hybridized carbons (Fsp3) is 0.500. The second-order valence-electron chi connectivity index (χ2n) is 7.23. The highest BCUT2D eigenvalue weighted by Crippen LogP contribution is 2.18. The number of piperazine rings is 1. The molecule has 3 amide bonds. The molecular weight excluding hydrogens is 360 g/mol. The molecule has 10 heteroatoms. The van der Waals surface area contributed by atoms with E-state index in [0.29, 0.717) is 12.2 Å². The van der Waals surface area contributed by atoms with Crippen molar-refractivity contribution in [3.63, 3.8) is 0 Å². The van der Waals surface area contributed by atoms with Gasteiger partial charge in [-0.15, -0.1) is 10.2 Å². The summed E-state index contributed by atoms with van der Waals surface area (Å²) in [5, 5.41) is 16.0. The molecule has 2 aliphatic heterocycles. The van der Waals surface area contributed by atoms with Crippen molar-refractivity contribution < 1.29 is 9.59 Å². The van der Waals surface area contributed by atoms with Crippen molar-refractivity contribution in [1.29, 1.82) is 0 Å². The number of aromatic nitrogens is 4. The Balaban J connectivity index is 1.38. The molecule has 28 heavy (non-hydrogen) atoms. The molecule has 2 aromatic heterocycles. The number of hydrogen-bond acceptors (Lipinski definition) is 7. The predicted octanol–water partition coefficient (Wildman–Crippen LogP) is 0.299. The van der Waals surface area contributed by atoms with Gasteiger partial charge in [-0.3, -0.25) is 14.6 Å². The lowest BCUT2D eigenvalue weighted by molar-refractivity contribution is -0.130. The molecule has 2 aliphatic rings. The van der Waals surface area contributed by atoms with Crippen LogP contribution in [0.5, 0.6) is 0 Å². The van der Waals surface area contributed by atoms with Crippen molar-refractivity contribution >= 4 is 17.8 Å². The normalized spacial score (nSPS) is 21.2. The van der Waals surface area contributed by atoms with Crippen molar-refractivity contribution in [2.45, 2.75) is 26.4 Å². The number of rotatable bonds is 3. The molecule has 0 radical (unpaired) electrons. The molecule has 0 saturated carbocycles. The lowest BCUT2D eigenvalue weighted by Gasteiger charge is -2.41. The first kappa shape index (κ1) is 18.4. The Labute approximate surface area is 163 Å². The zero-order chi connectivity index (χ0) is 19.8. The maximum absolute atomic E-state index is 11.9. The minimum absolute atomic E-state index is 0.151. The molecule has 148 valence electrons. The van der Waals surface area contributed by atoms with Crippen LogP contribution in [0.25, 0.3) is 5.82 Å². The zero-order valence-corrected chi connectivity index (χ0v) is 16.3. The molecule has 4 heterocycles. The van der Waals surface area contributed by atoms with Gasteiger partial charge in [0.1, 0.15) is 0 Å². The lowest BCUT2D eigenvalue weighted by Crippen LogP contribution is -2.62. The van der Waals surface area contributed by atoms with E-state index in [4.69, 9.17) is 0 Å². The highest BCUT2D eigenvalue weighted by Gasteiger charge is 2.34. The summed E-state index contributed by atoms with van der Waals surface area (Å²) in [6.45, 7) is 6.92. The number of aryl methyl sites for hydroxylation is 2. The Morgan fingerprint density at radius 2 is 1.71 bits per heavy atom. The summed E-state index contributed by atoms with van der Waals surface area (Å²) in [5.74, 6) is 1.36. The summed E-state index contributed by atoms with van der Waals surface area (Å²) >= 11 is 0. The summed E-state index contributed by atoms with van der Waals surface area (Å²) in [5.41, 5.74) is 1.96. The number of nitrogens with one attached hydrogen (secondary N) is 1. The van der Waals surface area contributed by atoms with Crippen LogP contribution in [0.15, 0.2) is 18.2 Å². The van der Waals surface area contributed by atoms with Crippen LogP contribution in [0.2, 0.25) is 0 Å². The minimum Gasteiger partial charge on any atom is -0.353 e. The van der Waals surface area contributed by atoms with Crippen LogP contribution in [0.4, 0.5) is 10.6 Å². The van der Waals surface area contributed by atoms with Gasteiger partial charge in [0.2, 0.25) is 5.91 Å². The average molecular weight is 384 g/mol. The Morgan fingerprint density at radius 3 is 2.29 bits per heavy atom. The van der Waals surface area contributed by atoms with Crippen LogP contribution in [0, 0.1) is 13.8 Å². The van der Waals surface area contributed by atoms with E-state index in [1.54, 1.807) is 4.68 Å². The van der Waals surface area contributed by atoms with E-state index in [2.05, 4.69) is 30.4 Å². The molecule has 0 bridgehead atoms. The Bertz CT molecular complexity index is 867. The van der Waals surface area contributed by atoms with Crippen LogP contribution >= 0.6 is 0 Å². The average Bonchev–Trinajstić information content (AvgIpc) is 3.04. The fourth-order valence-corrected chi connectivity index (χ4v) is 3.65. The van der Waals surface area contributed by atoms with E-state index >= 15 is 0 Å². The van der Waals surface area contributed by atoms with Crippen LogP contribution in [-0.2, 0) is 4.79 Å². The lowest BCUT2D eigenvalue weighted by atomic mass is 10.2. The van der Waals surface area contributed by atoms with E-state index in [1.165, 1.54) is 7.05 Å². The predicted molar refractivity (Wildman–Crippen MR) is 102 cm³/mol. The van der Waals surface area contributed by atoms with Crippen LogP contribution in [0.3, 0.4) is 0 Å². The summed E-state index contributed by atoms with van der Waals surface area (Å²) in [4.78, 5) is 29.2. The van der Waals surface area contributed by atoms with Crippen molar-refractivity contribution in [2.75, 3.05) is 38.1 Å². The van der Waals surface area contributed by atoms with Crippen molar-refractivity contribution in [2.24, 2.45) is 0 Å². The summed E-state index contributed by atoms with van der Waals surface area (Å²) in [6.07, 6.45) is 0.0668. The van der Waals surface area contributed by atoms with E-state index in [9.17, 15) is 9.59 Å². The molecule has 0 aliphatic carbocycles. The first-order chi connectivity index (χ1) is 13.4. The fourth-order valence-electron chi connectivity index (χ4n) is 3.65. The molecule has 0 spiro atoms. The third-order valence-electron chi connectivity index (χ3n) is 5.28. The molecule has 10 nitrogen and oxygen atoms in total. The molecule has 0 aromatic carbocycles. The van der Waals surface area contributed by atoms with Crippen molar-refractivity contribution in [3.05, 3.63) is 29.6 Å². The monoisotopic (exact) mass is 384 g/mol.